The minimum atomic E-state index is 0.191. The molecule has 2 heterocycles. The first-order chi connectivity index (χ1) is 13.3. The lowest BCUT2D eigenvalue weighted by molar-refractivity contribution is -0.120. The molecule has 4 rings (SSSR count). The first-order valence-electron chi connectivity index (χ1n) is 10.1. The van der Waals surface area contributed by atoms with Crippen molar-refractivity contribution < 1.29 is 9.53 Å². The second-order valence-corrected chi connectivity index (χ2v) is 7.57. The fourth-order valence-electron chi connectivity index (χ4n) is 4.17. The Morgan fingerprint density at radius 2 is 1.89 bits per heavy atom. The van der Waals surface area contributed by atoms with Gasteiger partial charge < -0.3 is 9.64 Å². The second-order valence-electron chi connectivity index (χ2n) is 7.57. The predicted octanol–water partition coefficient (Wildman–Crippen LogP) is 3.65. The van der Waals surface area contributed by atoms with Gasteiger partial charge in [0.05, 0.1) is 12.6 Å². The Labute approximate surface area is 161 Å². The molecule has 4 heteroatoms. The van der Waals surface area contributed by atoms with Crippen molar-refractivity contribution in [2.24, 2.45) is 0 Å². The molecule has 2 aromatic carbocycles. The molecule has 27 heavy (non-hydrogen) atoms. The molecule has 142 valence electrons. The topological polar surface area (TPSA) is 32.8 Å². The number of hydrogen-bond acceptors (Lipinski definition) is 3. The normalized spacial score (nSPS) is 19.3. The van der Waals surface area contributed by atoms with Crippen molar-refractivity contribution >= 4 is 11.6 Å². The summed E-state index contributed by atoms with van der Waals surface area (Å²) < 4.78 is 5.84. The SMILES string of the molecule is O=C(CN(Cc1ccccc1)CC1CCCO1)N1CCCc2ccccc21. The predicted molar refractivity (Wildman–Crippen MR) is 108 cm³/mol. The van der Waals surface area contributed by atoms with Gasteiger partial charge in [0.25, 0.3) is 0 Å². The van der Waals surface area contributed by atoms with Crippen LogP contribution in [-0.4, -0.2) is 43.2 Å². The molecule has 1 unspecified atom stereocenters. The van der Waals surface area contributed by atoms with Crippen LogP contribution in [0.2, 0.25) is 0 Å². The van der Waals surface area contributed by atoms with Crippen LogP contribution in [0.5, 0.6) is 0 Å². The van der Waals surface area contributed by atoms with Crippen LogP contribution in [0.25, 0.3) is 0 Å². The van der Waals surface area contributed by atoms with E-state index < -0.39 is 0 Å². The summed E-state index contributed by atoms with van der Waals surface area (Å²) in [5, 5.41) is 0. The summed E-state index contributed by atoms with van der Waals surface area (Å²) in [6, 6.07) is 18.7. The molecular weight excluding hydrogens is 336 g/mol. The molecule has 0 aliphatic carbocycles. The van der Waals surface area contributed by atoms with E-state index in [1.54, 1.807) is 0 Å². The first-order valence-corrected chi connectivity index (χ1v) is 10.1. The quantitative estimate of drug-likeness (QED) is 0.784. The van der Waals surface area contributed by atoms with Gasteiger partial charge in [0.1, 0.15) is 0 Å². The van der Waals surface area contributed by atoms with Crippen LogP contribution >= 0.6 is 0 Å². The summed E-state index contributed by atoms with van der Waals surface area (Å²) in [4.78, 5) is 17.4. The highest BCUT2D eigenvalue weighted by Gasteiger charge is 2.26. The van der Waals surface area contributed by atoms with Gasteiger partial charge in [-0.05, 0) is 42.9 Å². The fraction of sp³-hybridized carbons (Fsp3) is 0.435. The number of benzene rings is 2. The number of anilines is 1. The number of ether oxygens (including phenoxy) is 1. The Morgan fingerprint density at radius 3 is 2.70 bits per heavy atom. The molecule has 0 aromatic heterocycles. The largest absolute Gasteiger partial charge is 0.377 e. The molecule has 1 atom stereocenters. The standard InChI is InChI=1S/C23H28N2O2/c26-23(25-14-6-11-20-10-4-5-13-22(20)25)18-24(17-21-12-7-15-27-21)16-19-8-2-1-3-9-19/h1-5,8-10,13,21H,6-7,11-12,14-18H2. The van der Waals surface area contributed by atoms with Gasteiger partial charge in [-0.25, -0.2) is 0 Å². The van der Waals surface area contributed by atoms with Gasteiger partial charge in [0.15, 0.2) is 0 Å². The zero-order valence-electron chi connectivity index (χ0n) is 15.8. The monoisotopic (exact) mass is 364 g/mol. The van der Waals surface area contributed by atoms with E-state index >= 15 is 0 Å². The number of carbonyl (C=O) groups excluding carboxylic acids is 1. The zero-order valence-corrected chi connectivity index (χ0v) is 15.8. The molecule has 4 nitrogen and oxygen atoms in total. The molecule has 0 saturated carbocycles. The Balaban J connectivity index is 1.47. The number of rotatable bonds is 6. The van der Waals surface area contributed by atoms with Gasteiger partial charge in [-0.3, -0.25) is 9.69 Å². The Morgan fingerprint density at radius 1 is 1.07 bits per heavy atom. The number of aryl methyl sites for hydroxylation is 1. The lowest BCUT2D eigenvalue weighted by Gasteiger charge is -2.32. The molecule has 0 radical (unpaired) electrons. The van der Waals surface area contributed by atoms with E-state index in [0.29, 0.717) is 6.54 Å². The van der Waals surface area contributed by atoms with Crippen molar-refractivity contribution in [1.82, 2.24) is 4.90 Å². The summed E-state index contributed by atoms with van der Waals surface area (Å²) in [5.41, 5.74) is 3.61. The number of fused-ring (bicyclic) bond motifs is 1. The molecule has 0 spiro atoms. The van der Waals surface area contributed by atoms with Crippen LogP contribution in [0.15, 0.2) is 54.6 Å². The maximum atomic E-state index is 13.2. The fourth-order valence-corrected chi connectivity index (χ4v) is 4.17. The summed E-state index contributed by atoms with van der Waals surface area (Å²) >= 11 is 0. The van der Waals surface area contributed by atoms with Gasteiger partial charge in [0, 0.05) is 31.9 Å². The van der Waals surface area contributed by atoms with E-state index in [9.17, 15) is 4.79 Å². The van der Waals surface area contributed by atoms with E-state index in [0.717, 1.165) is 57.6 Å². The van der Waals surface area contributed by atoms with E-state index in [1.165, 1.54) is 11.1 Å². The van der Waals surface area contributed by atoms with Crippen LogP contribution in [0.3, 0.4) is 0 Å². The van der Waals surface area contributed by atoms with Gasteiger partial charge in [-0.2, -0.15) is 0 Å². The second kappa shape index (κ2) is 8.68. The van der Waals surface area contributed by atoms with Gasteiger partial charge in [-0.1, -0.05) is 48.5 Å². The number of nitrogens with zero attached hydrogens (tertiary/aromatic N) is 2. The van der Waals surface area contributed by atoms with Crippen LogP contribution < -0.4 is 4.90 Å². The number of carbonyl (C=O) groups is 1. The maximum Gasteiger partial charge on any atom is 0.241 e. The Kier molecular flexibility index (Phi) is 5.85. The molecule has 0 N–H and O–H groups in total. The van der Waals surface area contributed by atoms with E-state index in [1.807, 2.05) is 17.0 Å². The van der Waals surface area contributed by atoms with Crippen molar-refractivity contribution in [3.8, 4) is 0 Å². The maximum absolute atomic E-state index is 13.2. The third-order valence-corrected chi connectivity index (χ3v) is 5.50. The highest BCUT2D eigenvalue weighted by Crippen LogP contribution is 2.27. The van der Waals surface area contributed by atoms with Gasteiger partial charge in [-0.15, -0.1) is 0 Å². The average Bonchev–Trinajstić information content (AvgIpc) is 3.21. The first kappa shape index (κ1) is 18.2. The molecule has 2 aliphatic rings. The molecule has 1 saturated heterocycles. The van der Waals surface area contributed by atoms with Crippen molar-refractivity contribution in [2.75, 3.05) is 31.1 Å². The Bertz CT molecular complexity index is 756. The molecule has 0 bridgehead atoms. The van der Waals surface area contributed by atoms with Crippen LogP contribution in [-0.2, 0) is 22.5 Å². The molecular formula is C23H28N2O2. The van der Waals surface area contributed by atoms with Crippen LogP contribution in [0, 0.1) is 0 Å². The zero-order chi connectivity index (χ0) is 18.5. The van der Waals surface area contributed by atoms with Crippen molar-refractivity contribution in [3.63, 3.8) is 0 Å². The third-order valence-electron chi connectivity index (χ3n) is 5.50. The molecule has 1 amide bonds. The highest BCUT2D eigenvalue weighted by molar-refractivity contribution is 5.95. The van der Waals surface area contributed by atoms with E-state index in [2.05, 4.69) is 47.4 Å². The lowest BCUT2D eigenvalue weighted by Crippen LogP contribution is -2.44. The highest BCUT2D eigenvalue weighted by atomic mass is 16.5. The number of para-hydroxylation sites is 1. The minimum absolute atomic E-state index is 0.191. The third kappa shape index (κ3) is 4.57. The van der Waals surface area contributed by atoms with E-state index in [-0.39, 0.29) is 12.0 Å². The van der Waals surface area contributed by atoms with Crippen LogP contribution in [0.1, 0.15) is 30.4 Å². The summed E-state index contributed by atoms with van der Waals surface area (Å²) in [6.45, 7) is 3.69. The number of amides is 1. The molecule has 1 fully saturated rings. The summed E-state index contributed by atoms with van der Waals surface area (Å²) in [7, 11) is 0. The van der Waals surface area contributed by atoms with Gasteiger partial charge in [0.2, 0.25) is 5.91 Å². The Hall–Kier alpha value is -2.17. The van der Waals surface area contributed by atoms with Crippen molar-refractivity contribution in [3.05, 3.63) is 65.7 Å². The van der Waals surface area contributed by atoms with Crippen LogP contribution in [0.4, 0.5) is 5.69 Å². The van der Waals surface area contributed by atoms with E-state index in [4.69, 9.17) is 4.74 Å². The smallest absolute Gasteiger partial charge is 0.241 e. The van der Waals surface area contributed by atoms with Crippen molar-refractivity contribution in [1.29, 1.82) is 0 Å². The number of hydrogen-bond donors (Lipinski definition) is 0. The molecule has 2 aliphatic heterocycles. The lowest BCUT2D eigenvalue weighted by atomic mass is 10.0. The van der Waals surface area contributed by atoms with Crippen molar-refractivity contribution in [2.45, 2.75) is 38.3 Å². The average molecular weight is 364 g/mol. The summed E-state index contributed by atoms with van der Waals surface area (Å²) in [5.74, 6) is 0.191. The molecule has 2 aromatic rings. The van der Waals surface area contributed by atoms with Gasteiger partial charge >= 0.3 is 0 Å². The minimum Gasteiger partial charge on any atom is -0.377 e. The summed E-state index contributed by atoms with van der Waals surface area (Å²) in [6.07, 6.45) is 4.55.